The third-order valence-electron chi connectivity index (χ3n) is 14.3. The number of hydrogen-bond acceptors (Lipinski definition) is 5. The van der Waals surface area contributed by atoms with Gasteiger partial charge in [-0.2, -0.15) is 0 Å². The van der Waals surface area contributed by atoms with Crippen LogP contribution in [-0.4, -0.2) is 36.4 Å². The standard InChI is InChI=1S/C77H126O5/c1-3-5-7-9-11-13-15-17-19-21-23-25-27-29-31-33-35-36-37-38-39-40-42-44-46-48-50-52-54-56-58-60-62-64-66-68-70-72-77(80)82-75(73-78)74-81-76(79)71-69-67-65-63-61-59-57-55-53-51-49-47-45-43-41-34-32-30-28-26-24-22-20-18-16-14-12-10-8-6-4-2/h5-8,11-14,17-20,23-26,29,31,35-36,38-39,42,44,48,50,75,78H,3-4,9-10,15-16,21-22,27-28,30,32-34,37,40-41,43,45-47,49,51-74H2,1-2H3/b7-5-,8-6-,13-11-,14-12-,19-17-,20-18-,25-23-,26-24-,31-29-,36-35-,39-38-,44-42-,50-48-. The number of esters is 2. The third kappa shape index (κ3) is 68.0. The fraction of sp³-hybridized carbons (Fsp3) is 0.636. The number of aliphatic hydroxyl groups is 1. The molecule has 5 nitrogen and oxygen atoms in total. The van der Waals surface area contributed by atoms with Crippen molar-refractivity contribution in [1.29, 1.82) is 0 Å². The van der Waals surface area contributed by atoms with Crippen molar-refractivity contribution in [2.45, 2.75) is 302 Å². The van der Waals surface area contributed by atoms with E-state index in [-0.39, 0.29) is 25.2 Å². The fourth-order valence-corrected chi connectivity index (χ4v) is 9.31. The Hall–Kier alpha value is -4.48. The quantitative estimate of drug-likeness (QED) is 0.0373. The number of allylic oxidation sites excluding steroid dienone is 26. The SMILES string of the molecule is CC/C=C\C/C=C\C/C=C\C/C=C\C/C=C\C/C=C\C/C=C\C/C=C\C/C=C\CCCCCCCCCCCC(=O)OC(CO)COC(=O)CCCCCCCCCCCCCCCCCCCC/C=C\C/C=C\C/C=C\C/C=C\CC. The summed E-state index contributed by atoms with van der Waals surface area (Å²) in [4.78, 5) is 24.7. The Bertz CT molecular complexity index is 1760. The molecule has 1 unspecified atom stereocenters. The van der Waals surface area contributed by atoms with E-state index in [0.717, 1.165) is 128 Å². The van der Waals surface area contributed by atoms with Gasteiger partial charge in [0.05, 0.1) is 6.61 Å². The van der Waals surface area contributed by atoms with Crippen LogP contribution < -0.4 is 0 Å². The fourth-order valence-electron chi connectivity index (χ4n) is 9.31. The van der Waals surface area contributed by atoms with Crippen molar-refractivity contribution < 1.29 is 24.2 Å². The maximum absolute atomic E-state index is 12.4. The highest BCUT2D eigenvalue weighted by Gasteiger charge is 2.16. The second kappa shape index (κ2) is 70.8. The molecule has 464 valence electrons. The van der Waals surface area contributed by atoms with Crippen LogP contribution in [0, 0.1) is 0 Å². The summed E-state index contributed by atoms with van der Waals surface area (Å²) in [5, 5.41) is 9.70. The highest BCUT2D eigenvalue weighted by atomic mass is 16.6. The average molecular weight is 1130 g/mol. The summed E-state index contributed by atoms with van der Waals surface area (Å²) in [6.07, 6.45) is 108. The predicted octanol–water partition coefficient (Wildman–Crippen LogP) is 23.9. The van der Waals surface area contributed by atoms with Gasteiger partial charge in [0.15, 0.2) is 6.10 Å². The summed E-state index contributed by atoms with van der Waals surface area (Å²) in [5.41, 5.74) is 0. The summed E-state index contributed by atoms with van der Waals surface area (Å²) in [5.74, 6) is -0.597. The Kier molecular flexibility index (Phi) is 66.9. The highest BCUT2D eigenvalue weighted by molar-refractivity contribution is 5.70. The van der Waals surface area contributed by atoms with E-state index in [9.17, 15) is 14.7 Å². The van der Waals surface area contributed by atoms with Gasteiger partial charge in [0.25, 0.3) is 0 Å². The molecule has 0 saturated heterocycles. The Morgan fingerprint density at radius 3 is 0.732 bits per heavy atom. The van der Waals surface area contributed by atoms with Crippen LogP contribution in [0.5, 0.6) is 0 Å². The van der Waals surface area contributed by atoms with Crippen LogP contribution in [0.25, 0.3) is 0 Å². The molecule has 0 aliphatic heterocycles. The lowest BCUT2D eigenvalue weighted by Gasteiger charge is -2.15. The van der Waals surface area contributed by atoms with Crippen molar-refractivity contribution in [3.05, 3.63) is 158 Å². The van der Waals surface area contributed by atoms with E-state index in [2.05, 4.69) is 172 Å². The van der Waals surface area contributed by atoms with Gasteiger partial charge in [0, 0.05) is 12.8 Å². The summed E-state index contributed by atoms with van der Waals surface area (Å²) in [6.45, 7) is 3.92. The lowest BCUT2D eigenvalue weighted by Crippen LogP contribution is -2.28. The van der Waals surface area contributed by atoms with E-state index in [1.807, 2.05) is 0 Å². The molecule has 0 aromatic heterocycles. The lowest BCUT2D eigenvalue weighted by atomic mass is 10.0. The van der Waals surface area contributed by atoms with Gasteiger partial charge in [-0.25, -0.2) is 0 Å². The van der Waals surface area contributed by atoms with Gasteiger partial charge in [-0.05, 0) is 122 Å². The van der Waals surface area contributed by atoms with E-state index in [4.69, 9.17) is 9.47 Å². The van der Waals surface area contributed by atoms with Crippen molar-refractivity contribution in [2.75, 3.05) is 13.2 Å². The molecule has 0 heterocycles. The van der Waals surface area contributed by atoms with E-state index in [1.54, 1.807) is 0 Å². The van der Waals surface area contributed by atoms with Crippen LogP contribution in [0.1, 0.15) is 296 Å². The van der Waals surface area contributed by atoms with Gasteiger partial charge in [0.2, 0.25) is 0 Å². The van der Waals surface area contributed by atoms with Gasteiger partial charge in [-0.3, -0.25) is 9.59 Å². The number of hydrogen-bond donors (Lipinski definition) is 1. The summed E-state index contributed by atoms with van der Waals surface area (Å²) in [6, 6.07) is 0. The molecule has 82 heavy (non-hydrogen) atoms. The van der Waals surface area contributed by atoms with Gasteiger partial charge >= 0.3 is 11.9 Å². The Morgan fingerprint density at radius 1 is 0.280 bits per heavy atom. The number of aliphatic hydroxyl groups excluding tert-OH is 1. The largest absolute Gasteiger partial charge is 0.462 e. The van der Waals surface area contributed by atoms with Crippen molar-refractivity contribution in [2.24, 2.45) is 0 Å². The zero-order valence-electron chi connectivity index (χ0n) is 53.2. The third-order valence-corrected chi connectivity index (χ3v) is 14.3. The molecular weight excluding hydrogens is 1000 g/mol. The molecule has 0 aliphatic carbocycles. The van der Waals surface area contributed by atoms with Crippen LogP contribution in [-0.2, 0) is 19.1 Å². The molecule has 0 radical (unpaired) electrons. The molecule has 0 bridgehead atoms. The average Bonchev–Trinajstić information content (AvgIpc) is 3.49. The number of carbonyl (C=O) groups excluding carboxylic acids is 2. The van der Waals surface area contributed by atoms with E-state index >= 15 is 0 Å². The molecule has 0 aromatic carbocycles. The molecule has 0 aliphatic rings. The zero-order valence-corrected chi connectivity index (χ0v) is 53.2. The molecule has 1 N–H and O–H groups in total. The molecule has 0 saturated carbocycles. The maximum Gasteiger partial charge on any atom is 0.306 e. The first-order valence-electron chi connectivity index (χ1n) is 34.0. The number of ether oxygens (including phenoxy) is 2. The molecular formula is C77H126O5. The maximum atomic E-state index is 12.4. The number of unbranched alkanes of at least 4 members (excludes halogenated alkanes) is 27. The van der Waals surface area contributed by atoms with E-state index < -0.39 is 6.10 Å². The summed E-state index contributed by atoms with van der Waals surface area (Å²) >= 11 is 0. The second-order valence-electron chi connectivity index (χ2n) is 22.1. The minimum absolute atomic E-state index is 0.0743. The van der Waals surface area contributed by atoms with E-state index in [0.29, 0.717) is 12.8 Å². The molecule has 1 atom stereocenters. The van der Waals surface area contributed by atoms with Crippen molar-refractivity contribution in [1.82, 2.24) is 0 Å². The molecule has 0 fully saturated rings. The van der Waals surface area contributed by atoms with Crippen LogP contribution in [0.15, 0.2) is 158 Å². The lowest BCUT2D eigenvalue weighted by molar-refractivity contribution is -0.161. The predicted molar refractivity (Wildman–Crippen MR) is 361 cm³/mol. The molecule has 0 spiro atoms. The van der Waals surface area contributed by atoms with Crippen LogP contribution in [0.4, 0.5) is 0 Å². The summed E-state index contributed by atoms with van der Waals surface area (Å²) in [7, 11) is 0. The molecule has 0 rings (SSSR count). The topological polar surface area (TPSA) is 72.8 Å². The van der Waals surface area contributed by atoms with Gasteiger partial charge < -0.3 is 14.6 Å². The molecule has 0 aromatic rings. The van der Waals surface area contributed by atoms with Crippen molar-refractivity contribution in [3.8, 4) is 0 Å². The first-order chi connectivity index (χ1) is 40.6. The highest BCUT2D eigenvalue weighted by Crippen LogP contribution is 2.17. The Labute approximate surface area is 507 Å². The Balaban J connectivity index is 3.53. The van der Waals surface area contributed by atoms with Crippen molar-refractivity contribution >= 4 is 11.9 Å². The monoisotopic (exact) mass is 1130 g/mol. The van der Waals surface area contributed by atoms with Gasteiger partial charge in [0.1, 0.15) is 6.61 Å². The Morgan fingerprint density at radius 2 is 0.488 bits per heavy atom. The number of carbonyl (C=O) groups is 2. The van der Waals surface area contributed by atoms with Crippen LogP contribution >= 0.6 is 0 Å². The minimum Gasteiger partial charge on any atom is -0.462 e. The first-order valence-corrected chi connectivity index (χ1v) is 34.0. The normalized spacial score (nSPS) is 13.3. The van der Waals surface area contributed by atoms with Gasteiger partial charge in [-0.15, -0.1) is 0 Å². The molecule has 0 amide bonds. The first kappa shape index (κ1) is 77.5. The van der Waals surface area contributed by atoms with Crippen LogP contribution in [0.2, 0.25) is 0 Å². The smallest absolute Gasteiger partial charge is 0.306 e. The molecule has 5 heteroatoms. The van der Waals surface area contributed by atoms with Gasteiger partial charge in [-0.1, -0.05) is 320 Å². The second-order valence-corrected chi connectivity index (χ2v) is 22.1. The minimum atomic E-state index is -0.786. The zero-order chi connectivity index (χ0) is 59.1. The van der Waals surface area contributed by atoms with E-state index in [1.165, 1.54) is 141 Å². The number of rotatable bonds is 61. The summed E-state index contributed by atoms with van der Waals surface area (Å²) < 4.78 is 10.7. The van der Waals surface area contributed by atoms with Crippen LogP contribution in [0.3, 0.4) is 0 Å². The van der Waals surface area contributed by atoms with Crippen molar-refractivity contribution in [3.63, 3.8) is 0 Å².